The second kappa shape index (κ2) is 9.61. The van der Waals surface area contributed by atoms with Crippen LogP contribution in [-0.2, 0) is 22.4 Å². The first-order chi connectivity index (χ1) is 12.5. The Morgan fingerprint density at radius 2 is 1.88 bits per heavy atom. The summed E-state index contributed by atoms with van der Waals surface area (Å²) in [6.07, 6.45) is 1.82. The summed E-state index contributed by atoms with van der Waals surface area (Å²) in [6.45, 7) is 4.02. The first-order valence-corrected chi connectivity index (χ1v) is 8.93. The molecular formula is C21H26N2O3. The fraction of sp³-hybridized carbons (Fsp3) is 0.333. The summed E-state index contributed by atoms with van der Waals surface area (Å²) in [5, 5.41) is 15.1. The Hall–Kier alpha value is -2.82. The lowest BCUT2D eigenvalue weighted by molar-refractivity contribution is -0.137. The summed E-state index contributed by atoms with van der Waals surface area (Å²) in [5.41, 5.74) is 3.84. The van der Waals surface area contributed by atoms with Crippen LogP contribution in [-0.4, -0.2) is 23.0 Å². The maximum absolute atomic E-state index is 12.3. The topological polar surface area (TPSA) is 78.4 Å². The molecule has 0 aromatic heterocycles. The van der Waals surface area contributed by atoms with Gasteiger partial charge in [-0.1, -0.05) is 37.3 Å². The number of aryl methyl sites for hydroxylation is 2. The molecule has 5 nitrogen and oxygen atoms in total. The standard InChI is InChI=1S/C21H26N2O3/c1-3-17-8-4-5-10-19(17)23-20(24)13-15(2)22-18-9-6-7-16(14-18)11-12-21(25)26/h4-10,14-15,22H,3,11-13H2,1-2H3,(H,23,24)(H,25,26). The van der Waals surface area contributed by atoms with Gasteiger partial charge in [-0.25, -0.2) is 0 Å². The van der Waals surface area contributed by atoms with Gasteiger partial charge in [0.1, 0.15) is 0 Å². The third-order valence-corrected chi connectivity index (χ3v) is 4.13. The summed E-state index contributed by atoms with van der Waals surface area (Å²) < 4.78 is 0. The first-order valence-electron chi connectivity index (χ1n) is 8.93. The summed E-state index contributed by atoms with van der Waals surface area (Å²) >= 11 is 0. The van der Waals surface area contributed by atoms with Gasteiger partial charge in [0, 0.05) is 30.3 Å². The largest absolute Gasteiger partial charge is 0.481 e. The molecule has 0 saturated heterocycles. The van der Waals surface area contributed by atoms with E-state index in [1.54, 1.807) is 0 Å². The predicted octanol–water partition coefficient (Wildman–Crippen LogP) is 4.10. The van der Waals surface area contributed by atoms with E-state index in [1.165, 1.54) is 0 Å². The van der Waals surface area contributed by atoms with Crippen LogP contribution in [0.25, 0.3) is 0 Å². The smallest absolute Gasteiger partial charge is 0.303 e. The Morgan fingerprint density at radius 1 is 1.12 bits per heavy atom. The lowest BCUT2D eigenvalue weighted by Gasteiger charge is -2.16. The van der Waals surface area contributed by atoms with Crippen molar-refractivity contribution in [2.45, 2.75) is 45.6 Å². The predicted molar refractivity (Wildman–Crippen MR) is 105 cm³/mol. The number of para-hydroxylation sites is 1. The summed E-state index contributed by atoms with van der Waals surface area (Å²) in [6, 6.07) is 15.4. The van der Waals surface area contributed by atoms with Gasteiger partial charge in [-0.2, -0.15) is 0 Å². The van der Waals surface area contributed by atoms with Gasteiger partial charge < -0.3 is 15.7 Å². The summed E-state index contributed by atoms with van der Waals surface area (Å²) in [5.74, 6) is -0.839. The number of carbonyl (C=O) groups is 2. The van der Waals surface area contributed by atoms with Crippen molar-refractivity contribution in [3.63, 3.8) is 0 Å². The highest BCUT2D eigenvalue weighted by Gasteiger charge is 2.11. The molecule has 26 heavy (non-hydrogen) atoms. The molecule has 0 spiro atoms. The molecule has 0 heterocycles. The molecule has 0 bridgehead atoms. The van der Waals surface area contributed by atoms with Crippen LogP contribution in [0.1, 0.15) is 37.8 Å². The minimum Gasteiger partial charge on any atom is -0.481 e. The van der Waals surface area contributed by atoms with E-state index in [0.717, 1.165) is 28.9 Å². The molecule has 0 aliphatic rings. The normalized spacial score (nSPS) is 11.6. The monoisotopic (exact) mass is 354 g/mol. The molecule has 2 rings (SSSR count). The van der Waals surface area contributed by atoms with Gasteiger partial charge in [0.15, 0.2) is 0 Å². The van der Waals surface area contributed by atoms with Crippen molar-refractivity contribution in [2.75, 3.05) is 10.6 Å². The molecule has 3 N–H and O–H groups in total. The van der Waals surface area contributed by atoms with E-state index in [1.807, 2.05) is 55.5 Å². The van der Waals surface area contributed by atoms with Crippen molar-refractivity contribution in [3.8, 4) is 0 Å². The Balaban J connectivity index is 1.89. The van der Waals surface area contributed by atoms with Crippen molar-refractivity contribution >= 4 is 23.3 Å². The first kappa shape index (κ1) is 19.5. The van der Waals surface area contributed by atoms with Gasteiger partial charge in [0.2, 0.25) is 5.91 Å². The van der Waals surface area contributed by atoms with Crippen molar-refractivity contribution in [3.05, 3.63) is 59.7 Å². The Labute approximate surface area is 154 Å². The van der Waals surface area contributed by atoms with Crippen LogP contribution < -0.4 is 10.6 Å². The van der Waals surface area contributed by atoms with Crippen LogP contribution in [0.2, 0.25) is 0 Å². The highest BCUT2D eigenvalue weighted by Crippen LogP contribution is 2.17. The average Bonchev–Trinajstić information content (AvgIpc) is 2.60. The maximum atomic E-state index is 12.3. The molecule has 2 aromatic rings. The van der Waals surface area contributed by atoms with Crippen molar-refractivity contribution in [1.29, 1.82) is 0 Å². The van der Waals surface area contributed by atoms with Gasteiger partial charge in [0.05, 0.1) is 0 Å². The molecule has 138 valence electrons. The molecule has 0 radical (unpaired) electrons. The van der Waals surface area contributed by atoms with Crippen LogP contribution >= 0.6 is 0 Å². The van der Waals surface area contributed by atoms with Crippen LogP contribution in [0.5, 0.6) is 0 Å². The van der Waals surface area contributed by atoms with Gasteiger partial charge in [-0.3, -0.25) is 9.59 Å². The number of anilines is 2. The molecule has 5 heteroatoms. The summed E-state index contributed by atoms with van der Waals surface area (Å²) in [4.78, 5) is 23.0. The maximum Gasteiger partial charge on any atom is 0.303 e. The fourth-order valence-corrected chi connectivity index (χ4v) is 2.83. The van der Waals surface area contributed by atoms with E-state index in [2.05, 4.69) is 17.6 Å². The zero-order valence-corrected chi connectivity index (χ0v) is 15.3. The van der Waals surface area contributed by atoms with Gasteiger partial charge in [-0.15, -0.1) is 0 Å². The number of carbonyl (C=O) groups excluding carboxylic acids is 1. The Bertz CT molecular complexity index is 758. The molecule has 0 saturated carbocycles. The van der Waals surface area contributed by atoms with Crippen LogP contribution in [0.4, 0.5) is 11.4 Å². The number of aliphatic carboxylic acids is 1. The molecule has 1 atom stereocenters. The van der Waals surface area contributed by atoms with E-state index in [-0.39, 0.29) is 18.4 Å². The third-order valence-electron chi connectivity index (χ3n) is 4.13. The lowest BCUT2D eigenvalue weighted by Crippen LogP contribution is -2.24. The molecule has 1 unspecified atom stereocenters. The quantitative estimate of drug-likeness (QED) is 0.634. The fourth-order valence-electron chi connectivity index (χ4n) is 2.83. The molecule has 1 amide bonds. The zero-order chi connectivity index (χ0) is 18.9. The van der Waals surface area contributed by atoms with Gasteiger partial charge in [0.25, 0.3) is 0 Å². The van der Waals surface area contributed by atoms with Crippen molar-refractivity contribution in [1.82, 2.24) is 0 Å². The van der Waals surface area contributed by atoms with E-state index >= 15 is 0 Å². The molecular weight excluding hydrogens is 328 g/mol. The third kappa shape index (κ3) is 6.24. The Morgan fingerprint density at radius 3 is 2.62 bits per heavy atom. The van der Waals surface area contributed by atoms with Crippen LogP contribution in [0, 0.1) is 0 Å². The highest BCUT2D eigenvalue weighted by atomic mass is 16.4. The van der Waals surface area contributed by atoms with E-state index < -0.39 is 5.97 Å². The van der Waals surface area contributed by atoms with E-state index in [9.17, 15) is 9.59 Å². The number of nitrogens with one attached hydrogen (secondary N) is 2. The number of carboxylic acid groups (broad SMARTS) is 1. The van der Waals surface area contributed by atoms with E-state index in [0.29, 0.717) is 12.8 Å². The van der Waals surface area contributed by atoms with Crippen molar-refractivity contribution in [2.24, 2.45) is 0 Å². The molecule has 0 aliphatic heterocycles. The van der Waals surface area contributed by atoms with Crippen molar-refractivity contribution < 1.29 is 14.7 Å². The molecule has 0 fully saturated rings. The summed E-state index contributed by atoms with van der Waals surface area (Å²) in [7, 11) is 0. The minimum atomic E-state index is -0.805. The number of hydrogen-bond acceptors (Lipinski definition) is 3. The number of amides is 1. The lowest BCUT2D eigenvalue weighted by atomic mass is 10.1. The number of hydrogen-bond donors (Lipinski definition) is 3. The number of benzene rings is 2. The molecule has 2 aromatic carbocycles. The van der Waals surface area contributed by atoms with Crippen LogP contribution in [0.15, 0.2) is 48.5 Å². The number of rotatable bonds is 9. The Kier molecular flexibility index (Phi) is 7.21. The van der Waals surface area contributed by atoms with E-state index in [4.69, 9.17) is 5.11 Å². The zero-order valence-electron chi connectivity index (χ0n) is 15.3. The second-order valence-corrected chi connectivity index (χ2v) is 6.40. The SMILES string of the molecule is CCc1ccccc1NC(=O)CC(C)Nc1cccc(CCC(=O)O)c1. The van der Waals surface area contributed by atoms with Crippen LogP contribution in [0.3, 0.4) is 0 Å². The second-order valence-electron chi connectivity index (χ2n) is 6.40. The average molecular weight is 354 g/mol. The van der Waals surface area contributed by atoms with Gasteiger partial charge >= 0.3 is 5.97 Å². The molecule has 0 aliphatic carbocycles. The van der Waals surface area contributed by atoms with Gasteiger partial charge in [-0.05, 0) is 49.1 Å². The number of carboxylic acids is 1. The highest BCUT2D eigenvalue weighted by molar-refractivity contribution is 5.92. The minimum absolute atomic E-state index is 0.0343.